The van der Waals surface area contributed by atoms with Crippen molar-refractivity contribution in [3.05, 3.63) is 59.5 Å². The zero-order valence-electron chi connectivity index (χ0n) is 15.7. The molecule has 1 heterocycles. The third kappa shape index (κ3) is 10.1. The largest absolute Gasteiger partial charge is 0.316 e. The highest BCUT2D eigenvalue weighted by molar-refractivity contribution is 5.65. The first kappa shape index (κ1) is 22.6. The van der Waals surface area contributed by atoms with Gasteiger partial charge >= 0.3 is 0 Å². The summed E-state index contributed by atoms with van der Waals surface area (Å²) in [6.45, 7) is 15.3. The minimum atomic E-state index is 0.907. The van der Waals surface area contributed by atoms with Crippen LogP contribution in [0.4, 0.5) is 0 Å². The van der Waals surface area contributed by atoms with Gasteiger partial charge in [-0.3, -0.25) is 4.98 Å². The Kier molecular flexibility index (Phi) is 16.1. The van der Waals surface area contributed by atoms with E-state index in [1.165, 1.54) is 22.3 Å². The number of likely N-dealkylation sites (N-methyl/N-ethyl adjacent to an activating group) is 1. The molecule has 0 fully saturated rings. The summed E-state index contributed by atoms with van der Waals surface area (Å²) < 4.78 is 0. The third-order valence-electron chi connectivity index (χ3n) is 2.95. The minimum absolute atomic E-state index is 0.907. The first-order chi connectivity index (χ1) is 10.6. The van der Waals surface area contributed by atoms with Crippen LogP contribution in [0.25, 0.3) is 5.57 Å². The molecule has 0 aliphatic carbocycles. The van der Waals surface area contributed by atoms with Gasteiger partial charge in [0.05, 0.1) is 0 Å². The molecule has 0 aliphatic rings. The van der Waals surface area contributed by atoms with E-state index in [4.69, 9.17) is 0 Å². The lowest BCUT2D eigenvalue weighted by Gasteiger charge is -2.02. The van der Waals surface area contributed by atoms with E-state index in [1.807, 2.05) is 59.3 Å². The Hall–Kier alpha value is -1.67. The number of hydrogen-bond donors (Lipinski definition) is 1. The molecular formula is C20H34N2. The summed E-state index contributed by atoms with van der Waals surface area (Å²) in [5.74, 6) is 0. The van der Waals surface area contributed by atoms with E-state index >= 15 is 0 Å². The maximum absolute atomic E-state index is 4.03. The molecule has 0 aromatic carbocycles. The van der Waals surface area contributed by atoms with Gasteiger partial charge in [0.1, 0.15) is 0 Å². The van der Waals surface area contributed by atoms with Gasteiger partial charge in [-0.05, 0) is 56.7 Å². The molecule has 0 saturated carbocycles. The summed E-state index contributed by atoms with van der Waals surface area (Å²) in [5.41, 5.74) is 5.06. The molecule has 22 heavy (non-hydrogen) atoms. The van der Waals surface area contributed by atoms with Crippen LogP contribution in [0.5, 0.6) is 0 Å². The summed E-state index contributed by atoms with van der Waals surface area (Å²) in [7, 11) is 1.95. The van der Waals surface area contributed by atoms with Gasteiger partial charge in [0.25, 0.3) is 0 Å². The van der Waals surface area contributed by atoms with Gasteiger partial charge < -0.3 is 5.32 Å². The van der Waals surface area contributed by atoms with Crippen LogP contribution in [-0.2, 0) is 0 Å². The van der Waals surface area contributed by atoms with Crippen molar-refractivity contribution >= 4 is 5.57 Å². The van der Waals surface area contributed by atoms with Gasteiger partial charge in [-0.25, -0.2) is 0 Å². The third-order valence-corrected chi connectivity index (χ3v) is 2.95. The number of nitrogens with zero attached hydrogens (tertiary/aromatic N) is 1. The smallest absolute Gasteiger partial charge is 0.0273 e. The molecule has 0 unspecified atom stereocenters. The van der Waals surface area contributed by atoms with Crippen LogP contribution in [0.1, 0.15) is 54.0 Å². The normalized spacial score (nSPS) is 11.9. The number of hydrogen-bond acceptors (Lipinski definition) is 2. The van der Waals surface area contributed by atoms with E-state index in [2.05, 4.69) is 49.3 Å². The molecule has 0 radical (unpaired) electrons. The SMILES string of the molecule is CC.CC.CNC/C=C(C)/C(C)=C/C=C(\C)c1ccncc1. The van der Waals surface area contributed by atoms with Gasteiger partial charge in [-0.15, -0.1) is 0 Å². The van der Waals surface area contributed by atoms with Crippen molar-refractivity contribution in [1.82, 2.24) is 10.3 Å². The molecule has 1 aromatic heterocycles. The second kappa shape index (κ2) is 15.7. The summed E-state index contributed by atoms with van der Waals surface area (Å²) >= 11 is 0. The first-order valence-electron chi connectivity index (χ1n) is 8.22. The Morgan fingerprint density at radius 2 is 1.50 bits per heavy atom. The highest BCUT2D eigenvalue weighted by atomic mass is 14.8. The number of pyridine rings is 1. The lowest BCUT2D eigenvalue weighted by Crippen LogP contribution is -2.04. The zero-order chi connectivity index (χ0) is 17.4. The molecule has 1 aromatic rings. The molecule has 1 rings (SSSR count). The molecule has 0 bridgehead atoms. The molecule has 0 aliphatic heterocycles. The van der Waals surface area contributed by atoms with Gasteiger partial charge in [0, 0.05) is 18.9 Å². The molecule has 2 heteroatoms. The van der Waals surface area contributed by atoms with E-state index in [0.717, 1.165) is 6.54 Å². The molecule has 0 spiro atoms. The van der Waals surface area contributed by atoms with Crippen molar-refractivity contribution in [3.63, 3.8) is 0 Å². The lowest BCUT2D eigenvalue weighted by atomic mass is 10.1. The van der Waals surface area contributed by atoms with Crippen molar-refractivity contribution in [2.45, 2.75) is 48.5 Å². The standard InChI is InChI=1S/C16H22N2.2C2H6/c1-13(14(2)7-10-17-4)5-6-15(3)16-8-11-18-12-9-16;2*1-2/h5-9,11-12,17H,10H2,1-4H3;2*1-2H3/b13-5+,14-7+,15-6+;;. The Bertz CT molecular complexity index is 454. The summed E-state index contributed by atoms with van der Waals surface area (Å²) in [6, 6.07) is 4.05. The van der Waals surface area contributed by atoms with Crippen LogP contribution in [-0.4, -0.2) is 18.6 Å². The minimum Gasteiger partial charge on any atom is -0.316 e. The van der Waals surface area contributed by atoms with Crippen LogP contribution in [0.3, 0.4) is 0 Å². The Balaban J connectivity index is 0. The highest BCUT2D eigenvalue weighted by Gasteiger charge is 1.94. The van der Waals surface area contributed by atoms with E-state index in [0.29, 0.717) is 0 Å². The van der Waals surface area contributed by atoms with Gasteiger partial charge in [-0.1, -0.05) is 51.5 Å². The predicted octanol–water partition coefficient (Wildman–Crippen LogP) is 5.65. The van der Waals surface area contributed by atoms with Gasteiger partial charge in [0.15, 0.2) is 0 Å². The maximum Gasteiger partial charge on any atom is 0.0273 e. The first-order valence-corrected chi connectivity index (χ1v) is 8.22. The van der Waals surface area contributed by atoms with Crippen LogP contribution in [0, 0.1) is 0 Å². The predicted molar refractivity (Wildman–Crippen MR) is 102 cm³/mol. The van der Waals surface area contributed by atoms with Crippen molar-refractivity contribution < 1.29 is 0 Å². The average molecular weight is 303 g/mol. The van der Waals surface area contributed by atoms with Crippen molar-refractivity contribution in [3.8, 4) is 0 Å². The highest BCUT2D eigenvalue weighted by Crippen LogP contribution is 2.14. The van der Waals surface area contributed by atoms with Crippen molar-refractivity contribution in [2.24, 2.45) is 0 Å². The van der Waals surface area contributed by atoms with Crippen LogP contribution in [0.15, 0.2) is 53.9 Å². The summed E-state index contributed by atoms with van der Waals surface area (Å²) in [5, 5.41) is 3.12. The van der Waals surface area contributed by atoms with Crippen LogP contribution >= 0.6 is 0 Å². The number of allylic oxidation sites excluding steroid dienone is 5. The second-order valence-corrected chi connectivity index (χ2v) is 4.38. The summed E-state index contributed by atoms with van der Waals surface area (Å²) in [6.07, 6.45) is 10.2. The van der Waals surface area contributed by atoms with Crippen molar-refractivity contribution in [2.75, 3.05) is 13.6 Å². The number of rotatable bonds is 5. The topological polar surface area (TPSA) is 24.9 Å². The molecule has 124 valence electrons. The molecule has 1 N–H and O–H groups in total. The fourth-order valence-electron chi connectivity index (χ4n) is 1.51. The summed E-state index contributed by atoms with van der Waals surface area (Å²) in [4.78, 5) is 4.03. The number of nitrogens with one attached hydrogen (secondary N) is 1. The maximum atomic E-state index is 4.03. The van der Waals surface area contributed by atoms with Crippen LogP contribution in [0.2, 0.25) is 0 Å². The van der Waals surface area contributed by atoms with E-state index in [1.54, 1.807) is 0 Å². The molecular weight excluding hydrogens is 268 g/mol. The molecule has 0 atom stereocenters. The average Bonchev–Trinajstić information content (AvgIpc) is 2.61. The monoisotopic (exact) mass is 302 g/mol. The second-order valence-electron chi connectivity index (χ2n) is 4.38. The Morgan fingerprint density at radius 1 is 0.955 bits per heavy atom. The van der Waals surface area contributed by atoms with Gasteiger partial charge in [-0.2, -0.15) is 0 Å². The quantitative estimate of drug-likeness (QED) is 0.711. The van der Waals surface area contributed by atoms with E-state index in [-0.39, 0.29) is 0 Å². The fraction of sp³-hybridized carbons (Fsp3) is 0.450. The molecule has 0 amide bonds. The van der Waals surface area contributed by atoms with E-state index < -0.39 is 0 Å². The van der Waals surface area contributed by atoms with Crippen molar-refractivity contribution in [1.29, 1.82) is 0 Å². The number of aromatic nitrogens is 1. The Morgan fingerprint density at radius 3 is 2.00 bits per heavy atom. The lowest BCUT2D eigenvalue weighted by molar-refractivity contribution is 0.913. The Labute approximate surface area is 138 Å². The fourth-order valence-corrected chi connectivity index (χ4v) is 1.51. The zero-order valence-corrected chi connectivity index (χ0v) is 15.7. The molecule has 0 saturated heterocycles. The van der Waals surface area contributed by atoms with Gasteiger partial charge in [0.2, 0.25) is 0 Å². The van der Waals surface area contributed by atoms with E-state index in [9.17, 15) is 0 Å². The van der Waals surface area contributed by atoms with Crippen LogP contribution < -0.4 is 5.32 Å². The molecule has 2 nitrogen and oxygen atoms in total.